The highest BCUT2D eigenvalue weighted by molar-refractivity contribution is 6.04. The van der Waals surface area contributed by atoms with Crippen molar-refractivity contribution in [2.45, 2.75) is 119 Å². The van der Waals surface area contributed by atoms with E-state index >= 15 is 0 Å². The van der Waals surface area contributed by atoms with Crippen LogP contribution in [0.15, 0.2) is 29.8 Å². The molecule has 1 heterocycles. The van der Waals surface area contributed by atoms with Crippen LogP contribution in [0.1, 0.15) is 112 Å². The van der Waals surface area contributed by atoms with Crippen LogP contribution in [0.5, 0.6) is 5.75 Å². The van der Waals surface area contributed by atoms with Crippen molar-refractivity contribution >= 4 is 11.9 Å². The van der Waals surface area contributed by atoms with Gasteiger partial charge in [0.2, 0.25) is 0 Å². The number of carbonyl (C=O) groups excluding carboxylic acids is 1. The second-order valence-corrected chi connectivity index (χ2v) is 17.8. The molecule has 6 fully saturated rings. The molecular formula is C38H51F3O3. The van der Waals surface area contributed by atoms with Gasteiger partial charge >= 0.3 is 6.36 Å². The summed E-state index contributed by atoms with van der Waals surface area (Å²) < 4.78 is 50.9. The molecule has 2 bridgehead atoms. The maximum Gasteiger partial charge on any atom is 0.573 e. The van der Waals surface area contributed by atoms with Crippen LogP contribution in [0.3, 0.4) is 0 Å². The van der Waals surface area contributed by atoms with Crippen molar-refractivity contribution < 1.29 is 27.4 Å². The maximum atomic E-state index is 14.1. The number of alkyl halides is 3. The number of fused-ring (bicyclic) bond motifs is 5. The van der Waals surface area contributed by atoms with Crippen molar-refractivity contribution in [3.05, 3.63) is 35.4 Å². The number of carbonyl (C=O) groups is 1. The quantitative estimate of drug-likeness (QED) is 0.312. The molecule has 0 aromatic heterocycles. The van der Waals surface area contributed by atoms with Gasteiger partial charge in [0.05, 0.1) is 12.7 Å². The lowest BCUT2D eigenvalue weighted by Gasteiger charge is -2.73. The Morgan fingerprint density at radius 2 is 1.57 bits per heavy atom. The molecule has 1 aliphatic heterocycles. The Balaban J connectivity index is 1.27. The van der Waals surface area contributed by atoms with E-state index in [4.69, 9.17) is 4.74 Å². The molecule has 5 saturated carbocycles. The summed E-state index contributed by atoms with van der Waals surface area (Å²) in [5, 5.41) is 0. The predicted molar refractivity (Wildman–Crippen MR) is 166 cm³/mol. The highest BCUT2D eigenvalue weighted by Crippen LogP contribution is 2.78. The molecule has 1 aromatic rings. The van der Waals surface area contributed by atoms with E-state index in [1.165, 1.54) is 44.2 Å². The lowest BCUT2D eigenvalue weighted by Crippen LogP contribution is -2.67. The minimum atomic E-state index is -4.79. The topological polar surface area (TPSA) is 35.5 Å². The number of hydrogen-bond donors (Lipinski definition) is 0. The number of halogens is 3. The van der Waals surface area contributed by atoms with Crippen LogP contribution in [0.2, 0.25) is 0 Å². The minimum absolute atomic E-state index is 0.0723. The SMILES string of the molecule is CC1(C)C(=O)/C(=C/c2ccccc2OC(F)(F)F)C[C@]2(C)C1CC[C@@]1(C)C2CCC2C3[C@@H]4OC[C@]3(CCC4(C)C)CC[C@@]21C. The Morgan fingerprint density at radius 3 is 2.30 bits per heavy atom. The summed E-state index contributed by atoms with van der Waals surface area (Å²) in [6, 6.07) is 6.21. The summed E-state index contributed by atoms with van der Waals surface area (Å²) in [6.45, 7) is 17.6. The van der Waals surface area contributed by atoms with Crippen molar-refractivity contribution in [3.8, 4) is 5.75 Å². The third kappa shape index (κ3) is 4.06. The maximum absolute atomic E-state index is 14.1. The van der Waals surface area contributed by atoms with E-state index in [1.807, 2.05) is 0 Å². The van der Waals surface area contributed by atoms with Crippen LogP contribution < -0.4 is 4.74 Å². The van der Waals surface area contributed by atoms with Crippen LogP contribution in [-0.2, 0) is 9.53 Å². The van der Waals surface area contributed by atoms with Crippen LogP contribution in [0, 0.1) is 56.2 Å². The molecular weight excluding hydrogens is 561 g/mol. The summed E-state index contributed by atoms with van der Waals surface area (Å²) in [7, 11) is 0. The van der Waals surface area contributed by atoms with Crippen molar-refractivity contribution in [3.63, 3.8) is 0 Å². The van der Waals surface area contributed by atoms with Crippen molar-refractivity contribution in [1.29, 1.82) is 0 Å². The molecule has 242 valence electrons. The summed E-state index contributed by atoms with van der Waals surface area (Å²) in [4.78, 5) is 14.1. The van der Waals surface area contributed by atoms with E-state index < -0.39 is 11.8 Å². The van der Waals surface area contributed by atoms with Gasteiger partial charge in [-0.3, -0.25) is 4.79 Å². The third-order valence-electron chi connectivity index (χ3n) is 15.2. The van der Waals surface area contributed by atoms with Gasteiger partial charge in [0.15, 0.2) is 5.78 Å². The Hall–Kier alpha value is -1.82. The fraction of sp³-hybridized carbons (Fsp3) is 0.763. The van der Waals surface area contributed by atoms with Crippen LogP contribution in [0.4, 0.5) is 13.2 Å². The summed E-state index contributed by atoms with van der Waals surface area (Å²) >= 11 is 0. The standard InChI is InChI=1S/C38H51F3O3/c1-32(2)16-18-37-19-17-35(6)25(29(37)31(32)43-22-37)12-13-28-34(5)21-24(20-23-10-8-9-11-26(23)44-38(39,40)41)30(42)33(3,4)27(34)14-15-36(28,35)7/h8-11,20,25,27-29,31H,12-19,21-22H2,1-7H3/b24-20+/t25?,27?,28?,29?,31-,34+,35-,36-,37-/m0/s1. The number of hydrogen-bond acceptors (Lipinski definition) is 3. The van der Waals surface area contributed by atoms with Crippen LogP contribution >= 0.6 is 0 Å². The number of rotatable bonds is 2. The van der Waals surface area contributed by atoms with Gasteiger partial charge in [-0.2, -0.15) is 0 Å². The predicted octanol–water partition coefficient (Wildman–Crippen LogP) is 10.0. The molecule has 4 unspecified atom stereocenters. The lowest BCUT2D eigenvalue weighted by atomic mass is 9.31. The van der Waals surface area contributed by atoms with E-state index in [0.717, 1.165) is 25.9 Å². The van der Waals surface area contributed by atoms with Gasteiger partial charge in [-0.25, -0.2) is 0 Å². The zero-order valence-electron chi connectivity index (χ0n) is 27.7. The van der Waals surface area contributed by atoms with E-state index in [0.29, 0.717) is 46.8 Å². The number of allylic oxidation sites excluding steroid dienone is 1. The van der Waals surface area contributed by atoms with Crippen LogP contribution in [-0.4, -0.2) is 24.9 Å². The van der Waals surface area contributed by atoms with E-state index in [9.17, 15) is 18.0 Å². The molecule has 3 nitrogen and oxygen atoms in total. The molecule has 9 atom stereocenters. The fourth-order valence-electron chi connectivity index (χ4n) is 13.0. The normalized spacial score (nSPS) is 46.5. The Kier molecular flexibility index (Phi) is 6.57. The van der Waals surface area contributed by atoms with E-state index in [2.05, 4.69) is 53.2 Å². The first-order chi connectivity index (χ1) is 20.4. The highest BCUT2D eigenvalue weighted by Gasteiger charge is 2.73. The average Bonchev–Trinajstić information content (AvgIpc) is 3.26. The Morgan fingerprint density at radius 1 is 0.864 bits per heavy atom. The molecule has 7 rings (SSSR count). The van der Waals surface area contributed by atoms with E-state index in [-0.39, 0.29) is 39.1 Å². The minimum Gasteiger partial charge on any atom is -0.405 e. The molecule has 6 aliphatic rings. The second kappa shape index (κ2) is 9.38. The first-order valence-electron chi connectivity index (χ1n) is 17.1. The number of ether oxygens (including phenoxy) is 2. The Labute approximate surface area is 261 Å². The molecule has 6 heteroatoms. The van der Waals surface area contributed by atoms with Crippen molar-refractivity contribution in [2.24, 2.45) is 56.2 Å². The monoisotopic (exact) mass is 612 g/mol. The van der Waals surface area contributed by atoms with Gasteiger partial charge in [-0.15, -0.1) is 13.2 Å². The smallest absolute Gasteiger partial charge is 0.405 e. The molecule has 0 amide bonds. The van der Waals surface area contributed by atoms with Gasteiger partial charge in [-0.1, -0.05) is 66.7 Å². The fourth-order valence-corrected chi connectivity index (χ4v) is 13.0. The van der Waals surface area contributed by atoms with Crippen molar-refractivity contribution in [1.82, 2.24) is 0 Å². The Bertz CT molecular complexity index is 1390. The first kappa shape index (κ1) is 30.8. The number of Topliss-reactive ketones (excluding diaryl/α,β-unsaturated/α-hetero) is 1. The molecule has 1 aromatic carbocycles. The van der Waals surface area contributed by atoms with Crippen LogP contribution in [0.25, 0.3) is 6.08 Å². The molecule has 1 saturated heterocycles. The number of ketones is 1. The third-order valence-corrected chi connectivity index (χ3v) is 15.2. The molecule has 44 heavy (non-hydrogen) atoms. The summed E-state index contributed by atoms with van der Waals surface area (Å²) in [6.07, 6.45) is 7.41. The second-order valence-electron chi connectivity index (χ2n) is 17.8. The van der Waals surface area contributed by atoms with Gasteiger partial charge in [-0.05, 0) is 126 Å². The largest absolute Gasteiger partial charge is 0.573 e. The lowest BCUT2D eigenvalue weighted by molar-refractivity contribution is -0.274. The molecule has 0 N–H and O–H groups in total. The first-order valence-corrected chi connectivity index (χ1v) is 17.1. The molecule has 5 aliphatic carbocycles. The van der Waals surface area contributed by atoms with Crippen molar-refractivity contribution in [2.75, 3.05) is 6.61 Å². The molecule has 0 spiro atoms. The molecule has 0 radical (unpaired) electrons. The van der Waals surface area contributed by atoms with Gasteiger partial charge in [0, 0.05) is 11.0 Å². The van der Waals surface area contributed by atoms with Gasteiger partial charge in [0.25, 0.3) is 0 Å². The average molecular weight is 613 g/mol. The van der Waals surface area contributed by atoms with E-state index in [1.54, 1.807) is 18.2 Å². The summed E-state index contributed by atoms with van der Waals surface area (Å²) in [5.41, 5.74) is 1.12. The zero-order chi connectivity index (χ0) is 31.7. The number of para-hydroxylation sites is 1. The zero-order valence-corrected chi connectivity index (χ0v) is 27.7. The summed E-state index contributed by atoms with van der Waals surface area (Å²) in [5.74, 6) is 1.76. The van der Waals surface area contributed by atoms with Gasteiger partial charge < -0.3 is 9.47 Å². The number of benzene rings is 1. The highest BCUT2D eigenvalue weighted by atomic mass is 19.4. The van der Waals surface area contributed by atoms with Gasteiger partial charge in [0.1, 0.15) is 5.75 Å².